The van der Waals surface area contributed by atoms with Crippen LogP contribution in [0.25, 0.3) is 0 Å². The summed E-state index contributed by atoms with van der Waals surface area (Å²) < 4.78 is 38.7. The zero-order valence-electron chi connectivity index (χ0n) is 14.7. The largest absolute Gasteiger partial charge is 0.486 e. The van der Waals surface area contributed by atoms with Crippen LogP contribution in [0.5, 0.6) is 11.5 Å². The molecule has 0 bridgehead atoms. The minimum Gasteiger partial charge on any atom is -0.486 e. The lowest BCUT2D eigenvalue weighted by molar-refractivity contribution is 0.171. The number of hydrogen-bond acceptors (Lipinski definition) is 5. The average Bonchev–Trinajstić information content (AvgIpc) is 2.58. The lowest BCUT2D eigenvalue weighted by atomic mass is 10.2. The van der Waals surface area contributed by atoms with Gasteiger partial charge in [0.1, 0.15) is 13.2 Å². The number of nitrogens with zero attached hydrogens (tertiary/aromatic N) is 1. The standard InChI is InChI=1S/C17H28N2O4S/c1-4-19(5-2)10-6-7-14(3)18-24(20,21)15-8-9-16-17(13-15)23-12-11-22-16/h8-9,13-14,18H,4-7,10-12H2,1-3H3/t14-/m0/s1. The predicted octanol–water partition coefficient (Wildman–Crippen LogP) is 2.25. The molecule has 0 spiro atoms. The third-order valence-electron chi connectivity index (χ3n) is 4.19. The van der Waals surface area contributed by atoms with E-state index >= 15 is 0 Å². The molecule has 0 saturated heterocycles. The number of benzene rings is 1. The molecule has 1 aromatic carbocycles. The number of sulfonamides is 1. The van der Waals surface area contributed by atoms with E-state index in [0.29, 0.717) is 24.7 Å². The molecule has 136 valence electrons. The van der Waals surface area contributed by atoms with Gasteiger partial charge in [0, 0.05) is 12.1 Å². The van der Waals surface area contributed by atoms with Crippen LogP contribution in [0.1, 0.15) is 33.6 Å². The fourth-order valence-electron chi connectivity index (χ4n) is 2.74. The molecule has 0 aromatic heterocycles. The molecule has 0 aliphatic carbocycles. The first-order chi connectivity index (χ1) is 11.5. The number of nitrogens with one attached hydrogen (secondary N) is 1. The van der Waals surface area contributed by atoms with Gasteiger partial charge in [-0.3, -0.25) is 0 Å². The molecule has 1 atom stereocenters. The smallest absolute Gasteiger partial charge is 0.240 e. The lowest BCUT2D eigenvalue weighted by Gasteiger charge is -2.21. The minimum absolute atomic E-state index is 0.112. The lowest BCUT2D eigenvalue weighted by Crippen LogP contribution is -2.33. The van der Waals surface area contributed by atoms with Gasteiger partial charge in [0.2, 0.25) is 10.0 Å². The highest BCUT2D eigenvalue weighted by atomic mass is 32.2. The van der Waals surface area contributed by atoms with E-state index in [4.69, 9.17) is 9.47 Å². The van der Waals surface area contributed by atoms with Crippen molar-refractivity contribution in [2.45, 2.75) is 44.6 Å². The van der Waals surface area contributed by atoms with Crippen LogP contribution in [0.3, 0.4) is 0 Å². The van der Waals surface area contributed by atoms with Crippen molar-refractivity contribution < 1.29 is 17.9 Å². The van der Waals surface area contributed by atoms with Crippen molar-refractivity contribution in [2.24, 2.45) is 0 Å². The van der Waals surface area contributed by atoms with Gasteiger partial charge in [-0.2, -0.15) is 0 Å². The van der Waals surface area contributed by atoms with Gasteiger partial charge in [-0.25, -0.2) is 13.1 Å². The summed E-state index contributed by atoms with van der Waals surface area (Å²) >= 11 is 0. The van der Waals surface area contributed by atoms with E-state index in [1.165, 1.54) is 6.07 Å². The number of fused-ring (bicyclic) bond motifs is 1. The van der Waals surface area contributed by atoms with Crippen LogP contribution in [0.4, 0.5) is 0 Å². The Morgan fingerprint density at radius 2 is 1.83 bits per heavy atom. The number of ether oxygens (including phenoxy) is 2. The molecular weight excluding hydrogens is 328 g/mol. The van der Waals surface area contributed by atoms with E-state index in [1.807, 2.05) is 6.92 Å². The number of hydrogen-bond donors (Lipinski definition) is 1. The first-order valence-electron chi connectivity index (χ1n) is 8.60. The Morgan fingerprint density at radius 3 is 2.50 bits per heavy atom. The van der Waals surface area contributed by atoms with Crippen molar-refractivity contribution in [1.82, 2.24) is 9.62 Å². The van der Waals surface area contributed by atoms with Crippen molar-refractivity contribution in [2.75, 3.05) is 32.8 Å². The van der Waals surface area contributed by atoms with Crippen molar-refractivity contribution in [3.8, 4) is 11.5 Å². The maximum absolute atomic E-state index is 12.5. The summed E-state index contributed by atoms with van der Waals surface area (Å²) in [7, 11) is -3.55. The van der Waals surface area contributed by atoms with Gasteiger partial charge in [-0.15, -0.1) is 0 Å². The Kier molecular flexibility index (Phi) is 6.89. The van der Waals surface area contributed by atoms with Gasteiger partial charge in [-0.05, 0) is 51.5 Å². The average molecular weight is 356 g/mol. The summed E-state index contributed by atoms with van der Waals surface area (Å²) in [6.07, 6.45) is 1.77. The fraction of sp³-hybridized carbons (Fsp3) is 0.647. The van der Waals surface area contributed by atoms with Crippen LogP contribution in [0.2, 0.25) is 0 Å². The van der Waals surface area contributed by atoms with Crippen molar-refractivity contribution in [3.05, 3.63) is 18.2 Å². The molecule has 0 unspecified atom stereocenters. The third-order valence-corrected chi connectivity index (χ3v) is 5.77. The highest BCUT2D eigenvalue weighted by Crippen LogP contribution is 2.32. The molecule has 0 radical (unpaired) electrons. The normalized spacial score (nSPS) is 15.5. The molecule has 1 heterocycles. The summed E-state index contributed by atoms with van der Waals surface area (Å²) in [6, 6.07) is 4.62. The van der Waals surface area contributed by atoms with Gasteiger partial charge >= 0.3 is 0 Å². The van der Waals surface area contributed by atoms with Crippen molar-refractivity contribution >= 4 is 10.0 Å². The Balaban J connectivity index is 1.93. The van der Waals surface area contributed by atoms with Crippen LogP contribution in [0, 0.1) is 0 Å². The molecule has 6 nitrogen and oxygen atoms in total. The molecule has 0 saturated carbocycles. The highest BCUT2D eigenvalue weighted by molar-refractivity contribution is 7.89. The van der Waals surface area contributed by atoms with Crippen LogP contribution in [-0.2, 0) is 10.0 Å². The minimum atomic E-state index is -3.55. The summed E-state index contributed by atoms with van der Waals surface area (Å²) in [5.41, 5.74) is 0. The predicted molar refractivity (Wildman–Crippen MR) is 94.2 cm³/mol. The van der Waals surface area contributed by atoms with E-state index in [1.54, 1.807) is 12.1 Å². The van der Waals surface area contributed by atoms with Gasteiger partial charge in [0.25, 0.3) is 0 Å². The second-order valence-electron chi connectivity index (χ2n) is 6.00. The van der Waals surface area contributed by atoms with Crippen LogP contribution < -0.4 is 14.2 Å². The Labute approximate surface area is 145 Å². The molecule has 1 aromatic rings. The van der Waals surface area contributed by atoms with Gasteiger partial charge < -0.3 is 14.4 Å². The first kappa shape index (κ1) is 19.0. The first-order valence-corrected chi connectivity index (χ1v) is 10.1. The SMILES string of the molecule is CCN(CC)CCC[C@H](C)NS(=O)(=O)c1ccc2c(c1)OCCO2. The van der Waals surface area contributed by atoms with E-state index in [-0.39, 0.29) is 10.9 Å². The van der Waals surface area contributed by atoms with Crippen molar-refractivity contribution in [1.29, 1.82) is 0 Å². The van der Waals surface area contributed by atoms with E-state index in [2.05, 4.69) is 23.5 Å². The fourth-order valence-corrected chi connectivity index (χ4v) is 4.04. The van der Waals surface area contributed by atoms with Gasteiger partial charge in [0.15, 0.2) is 11.5 Å². The van der Waals surface area contributed by atoms with E-state index in [9.17, 15) is 8.42 Å². The Bertz CT molecular complexity index is 629. The highest BCUT2D eigenvalue weighted by Gasteiger charge is 2.21. The molecule has 2 rings (SSSR count). The van der Waals surface area contributed by atoms with Gasteiger partial charge in [0.05, 0.1) is 4.90 Å². The van der Waals surface area contributed by atoms with Crippen LogP contribution in [-0.4, -0.2) is 52.2 Å². The van der Waals surface area contributed by atoms with Crippen LogP contribution in [0.15, 0.2) is 23.1 Å². The maximum Gasteiger partial charge on any atom is 0.240 e. The molecule has 7 heteroatoms. The molecule has 0 amide bonds. The Morgan fingerprint density at radius 1 is 1.17 bits per heavy atom. The van der Waals surface area contributed by atoms with Crippen LogP contribution >= 0.6 is 0 Å². The second kappa shape index (κ2) is 8.69. The summed E-state index contributed by atoms with van der Waals surface area (Å²) in [5.74, 6) is 1.07. The zero-order valence-corrected chi connectivity index (χ0v) is 15.6. The number of rotatable bonds is 9. The monoisotopic (exact) mass is 356 g/mol. The summed E-state index contributed by atoms with van der Waals surface area (Å²) in [5, 5.41) is 0. The molecule has 24 heavy (non-hydrogen) atoms. The Hall–Kier alpha value is -1.31. The van der Waals surface area contributed by atoms with Crippen molar-refractivity contribution in [3.63, 3.8) is 0 Å². The topological polar surface area (TPSA) is 67.9 Å². The molecule has 1 aliphatic rings. The third kappa shape index (κ3) is 5.09. The van der Waals surface area contributed by atoms with Gasteiger partial charge in [-0.1, -0.05) is 13.8 Å². The quantitative estimate of drug-likeness (QED) is 0.735. The molecule has 0 fully saturated rings. The summed E-state index contributed by atoms with van der Waals surface area (Å²) in [4.78, 5) is 2.55. The zero-order chi connectivity index (χ0) is 17.6. The second-order valence-corrected chi connectivity index (χ2v) is 7.71. The van der Waals surface area contributed by atoms with E-state index in [0.717, 1.165) is 32.5 Å². The molecule has 1 aliphatic heterocycles. The van der Waals surface area contributed by atoms with E-state index < -0.39 is 10.0 Å². The maximum atomic E-state index is 12.5. The molecule has 1 N–H and O–H groups in total. The molecular formula is C17H28N2O4S. The summed E-state index contributed by atoms with van der Waals surface area (Å²) in [6.45, 7) is 10.1.